The number of anilines is 1. The molecule has 1 atom stereocenters. The van der Waals surface area contributed by atoms with E-state index in [0.29, 0.717) is 30.8 Å². The van der Waals surface area contributed by atoms with Crippen LogP contribution in [0.5, 0.6) is 0 Å². The maximum atomic E-state index is 12.9. The van der Waals surface area contributed by atoms with Crippen LogP contribution in [0.4, 0.5) is 19.0 Å². The van der Waals surface area contributed by atoms with E-state index in [4.69, 9.17) is 0 Å². The summed E-state index contributed by atoms with van der Waals surface area (Å²) in [7, 11) is 0. The van der Waals surface area contributed by atoms with Crippen molar-refractivity contribution in [3.05, 3.63) is 83.0 Å². The normalized spacial score (nSPS) is 18.2. The zero-order valence-electron chi connectivity index (χ0n) is 16.9. The third-order valence-electron chi connectivity index (χ3n) is 5.90. The molecule has 2 aliphatic rings. The summed E-state index contributed by atoms with van der Waals surface area (Å²) in [5.41, 5.74) is 0.866. The van der Waals surface area contributed by atoms with Gasteiger partial charge >= 0.3 is 6.18 Å². The van der Waals surface area contributed by atoms with Gasteiger partial charge in [0.1, 0.15) is 5.82 Å². The number of nitrogens with zero attached hydrogens (tertiary/aromatic N) is 4. The van der Waals surface area contributed by atoms with Gasteiger partial charge in [0.2, 0.25) is 0 Å². The Balaban J connectivity index is 1.34. The number of amides is 2. The number of aromatic nitrogens is 2. The Kier molecular flexibility index (Phi) is 4.76. The van der Waals surface area contributed by atoms with Crippen molar-refractivity contribution in [1.82, 2.24) is 14.7 Å². The summed E-state index contributed by atoms with van der Waals surface area (Å²) in [5, 5.41) is 4.34. The number of hydrogen-bond acceptors (Lipinski definition) is 4. The van der Waals surface area contributed by atoms with Crippen molar-refractivity contribution in [1.29, 1.82) is 0 Å². The Morgan fingerprint density at radius 3 is 2.19 bits per heavy atom. The summed E-state index contributed by atoms with van der Waals surface area (Å²) in [6.45, 7) is 1.72. The van der Waals surface area contributed by atoms with Crippen LogP contribution in [0.3, 0.4) is 0 Å². The number of rotatable bonds is 4. The molecule has 3 aromatic rings. The molecule has 2 aliphatic heterocycles. The van der Waals surface area contributed by atoms with Crippen LogP contribution < -0.4 is 4.90 Å². The highest BCUT2D eigenvalue weighted by Gasteiger charge is 2.38. The number of carbonyl (C=O) groups excluding carboxylic acids is 2. The number of benzene rings is 2. The Labute approximate surface area is 181 Å². The van der Waals surface area contributed by atoms with Gasteiger partial charge < -0.3 is 4.90 Å². The number of fused-ring (bicyclic) bond motifs is 2. The highest BCUT2D eigenvalue weighted by Crippen LogP contribution is 2.31. The van der Waals surface area contributed by atoms with Crippen LogP contribution >= 0.6 is 0 Å². The molecule has 2 amide bonds. The van der Waals surface area contributed by atoms with Crippen molar-refractivity contribution in [3.63, 3.8) is 0 Å². The Morgan fingerprint density at radius 2 is 1.56 bits per heavy atom. The summed E-state index contributed by atoms with van der Waals surface area (Å²) in [6.07, 6.45) is -2.71. The molecule has 0 fully saturated rings. The van der Waals surface area contributed by atoms with Crippen molar-refractivity contribution >= 4 is 17.6 Å². The summed E-state index contributed by atoms with van der Waals surface area (Å²) in [5.74, 6) is 0.180. The molecule has 0 aliphatic carbocycles. The van der Waals surface area contributed by atoms with E-state index in [0.717, 1.165) is 23.5 Å². The molecule has 32 heavy (non-hydrogen) atoms. The van der Waals surface area contributed by atoms with Crippen molar-refractivity contribution in [2.75, 3.05) is 18.0 Å². The second-order valence-electron chi connectivity index (χ2n) is 8.08. The van der Waals surface area contributed by atoms with Gasteiger partial charge in [-0.3, -0.25) is 14.5 Å². The molecule has 164 valence electrons. The molecule has 9 heteroatoms. The highest BCUT2D eigenvalue weighted by atomic mass is 19.4. The molecule has 0 N–H and O–H groups in total. The molecule has 0 saturated heterocycles. The molecule has 0 bridgehead atoms. The molecular formula is C23H19F3N4O2. The highest BCUT2D eigenvalue weighted by molar-refractivity contribution is 6.21. The van der Waals surface area contributed by atoms with Crippen LogP contribution in [0, 0.1) is 5.92 Å². The van der Waals surface area contributed by atoms with Crippen molar-refractivity contribution < 1.29 is 22.8 Å². The molecule has 2 aromatic carbocycles. The van der Waals surface area contributed by atoms with Crippen molar-refractivity contribution in [3.8, 4) is 0 Å². The minimum atomic E-state index is -4.38. The molecule has 0 saturated carbocycles. The molecule has 6 nitrogen and oxygen atoms in total. The molecule has 5 rings (SSSR count). The van der Waals surface area contributed by atoms with Gasteiger partial charge in [0, 0.05) is 38.2 Å². The van der Waals surface area contributed by atoms with Gasteiger partial charge in [-0.05, 0) is 29.8 Å². The van der Waals surface area contributed by atoms with Gasteiger partial charge in [-0.2, -0.15) is 18.3 Å². The standard InChI is InChI=1S/C23H19F3N4O2/c24-23(25,26)17-7-5-15(6-8-17)11-28-12-16(14-30-20(28)9-10-27-30)13-29-21(31)18-3-1-2-4-19(18)22(29)32/h1-10,16H,11-14H2. The van der Waals surface area contributed by atoms with Gasteiger partial charge in [0.15, 0.2) is 0 Å². The SMILES string of the molecule is O=C1c2ccccc2C(=O)N1CC1CN(Cc2ccc(C(F)(F)F)cc2)c2ccnn2C1. The predicted molar refractivity (Wildman–Crippen MR) is 110 cm³/mol. The molecule has 1 aromatic heterocycles. The fourth-order valence-electron chi connectivity index (χ4n) is 4.39. The monoisotopic (exact) mass is 440 g/mol. The first-order valence-electron chi connectivity index (χ1n) is 10.2. The Morgan fingerprint density at radius 1 is 0.906 bits per heavy atom. The molecular weight excluding hydrogens is 421 g/mol. The number of alkyl halides is 3. The van der Waals surface area contributed by atoms with E-state index in [9.17, 15) is 22.8 Å². The number of hydrogen-bond donors (Lipinski definition) is 0. The topological polar surface area (TPSA) is 58.4 Å². The summed E-state index contributed by atoms with van der Waals surface area (Å²) in [4.78, 5) is 28.8. The van der Waals surface area contributed by atoms with E-state index in [2.05, 4.69) is 5.10 Å². The summed E-state index contributed by atoms with van der Waals surface area (Å²) >= 11 is 0. The van der Waals surface area contributed by atoms with E-state index < -0.39 is 11.7 Å². The minimum Gasteiger partial charge on any atom is -0.352 e. The molecule has 3 heterocycles. The zero-order valence-corrected chi connectivity index (χ0v) is 16.9. The van der Waals surface area contributed by atoms with E-state index >= 15 is 0 Å². The zero-order chi connectivity index (χ0) is 22.5. The first kappa shape index (κ1) is 20.3. The minimum absolute atomic E-state index is 0.0703. The Hall–Kier alpha value is -3.62. The number of carbonyl (C=O) groups is 2. The van der Waals surface area contributed by atoms with Crippen LogP contribution in [0.15, 0.2) is 60.8 Å². The number of halogens is 3. The van der Waals surface area contributed by atoms with Crippen LogP contribution in [0.25, 0.3) is 0 Å². The lowest BCUT2D eigenvalue weighted by molar-refractivity contribution is -0.137. The van der Waals surface area contributed by atoms with Crippen molar-refractivity contribution in [2.45, 2.75) is 19.3 Å². The van der Waals surface area contributed by atoms with Gasteiger partial charge in [-0.25, -0.2) is 4.68 Å². The van der Waals surface area contributed by atoms with Gasteiger partial charge in [-0.15, -0.1) is 0 Å². The van der Waals surface area contributed by atoms with E-state index in [-0.39, 0.29) is 24.3 Å². The average Bonchev–Trinajstić information content (AvgIpc) is 3.33. The second-order valence-corrected chi connectivity index (χ2v) is 8.08. The Bertz CT molecular complexity index is 1150. The largest absolute Gasteiger partial charge is 0.416 e. The summed E-state index contributed by atoms with van der Waals surface area (Å²) < 4.78 is 40.4. The van der Waals surface area contributed by atoms with Crippen LogP contribution in [-0.4, -0.2) is 39.6 Å². The van der Waals surface area contributed by atoms with Gasteiger partial charge in [0.25, 0.3) is 11.8 Å². The van der Waals surface area contributed by atoms with Crippen molar-refractivity contribution in [2.24, 2.45) is 5.92 Å². The van der Waals surface area contributed by atoms with E-state index in [1.54, 1.807) is 35.1 Å². The van der Waals surface area contributed by atoms with E-state index in [1.807, 2.05) is 11.0 Å². The lowest BCUT2D eigenvalue weighted by Gasteiger charge is -2.36. The smallest absolute Gasteiger partial charge is 0.352 e. The first-order chi connectivity index (χ1) is 15.3. The summed E-state index contributed by atoms with van der Waals surface area (Å²) in [6, 6.07) is 13.7. The lowest BCUT2D eigenvalue weighted by atomic mass is 10.0. The number of imide groups is 1. The molecule has 0 spiro atoms. The van der Waals surface area contributed by atoms with Crippen LogP contribution in [0.1, 0.15) is 31.8 Å². The lowest BCUT2D eigenvalue weighted by Crippen LogP contribution is -2.44. The van der Waals surface area contributed by atoms with Gasteiger partial charge in [-0.1, -0.05) is 24.3 Å². The van der Waals surface area contributed by atoms with E-state index in [1.165, 1.54) is 17.0 Å². The maximum absolute atomic E-state index is 12.9. The van der Waals surface area contributed by atoms with Crippen LogP contribution in [-0.2, 0) is 19.3 Å². The quantitative estimate of drug-likeness (QED) is 0.579. The molecule has 1 unspecified atom stereocenters. The maximum Gasteiger partial charge on any atom is 0.416 e. The fraction of sp³-hybridized carbons (Fsp3) is 0.261. The predicted octanol–water partition coefficient (Wildman–Crippen LogP) is 3.83. The third kappa shape index (κ3) is 3.53. The van der Waals surface area contributed by atoms with Crippen LogP contribution in [0.2, 0.25) is 0 Å². The third-order valence-corrected chi connectivity index (χ3v) is 5.90. The first-order valence-corrected chi connectivity index (χ1v) is 10.2. The van der Waals surface area contributed by atoms with Gasteiger partial charge in [0.05, 0.1) is 22.9 Å². The average molecular weight is 440 g/mol. The fourth-order valence-corrected chi connectivity index (χ4v) is 4.39. The molecule has 0 radical (unpaired) electrons. The second kappa shape index (κ2) is 7.51.